The van der Waals surface area contributed by atoms with E-state index in [1.807, 2.05) is 10.9 Å². The standard InChI is InChI=1S/C10H10N4O/c15-10-3-7(4-11-13-10)8-5-12-14(6-8)9-1-2-9/h3-6,9H,1-2H2,(H,13,15). The van der Waals surface area contributed by atoms with E-state index in [1.54, 1.807) is 12.4 Å². The van der Waals surface area contributed by atoms with Gasteiger partial charge in [0.2, 0.25) is 0 Å². The minimum absolute atomic E-state index is 0.188. The summed E-state index contributed by atoms with van der Waals surface area (Å²) >= 11 is 0. The van der Waals surface area contributed by atoms with Crippen LogP contribution in [0.25, 0.3) is 11.1 Å². The lowest BCUT2D eigenvalue weighted by atomic mass is 10.2. The predicted molar refractivity (Wildman–Crippen MR) is 54.3 cm³/mol. The maximum Gasteiger partial charge on any atom is 0.264 e. The zero-order valence-electron chi connectivity index (χ0n) is 8.05. The van der Waals surface area contributed by atoms with Crippen LogP contribution in [0.4, 0.5) is 0 Å². The molecule has 76 valence electrons. The molecule has 2 aromatic rings. The molecule has 2 aromatic heterocycles. The highest BCUT2D eigenvalue weighted by Crippen LogP contribution is 2.34. The number of H-pyrrole nitrogens is 1. The van der Waals surface area contributed by atoms with E-state index < -0.39 is 0 Å². The number of aromatic nitrogens is 4. The lowest BCUT2D eigenvalue weighted by Gasteiger charge is -1.95. The van der Waals surface area contributed by atoms with Gasteiger partial charge in [-0.25, -0.2) is 5.10 Å². The molecule has 0 aromatic carbocycles. The van der Waals surface area contributed by atoms with Gasteiger partial charge in [0.25, 0.3) is 5.56 Å². The fraction of sp³-hybridized carbons (Fsp3) is 0.300. The summed E-state index contributed by atoms with van der Waals surface area (Å²) in [6.07, 6.45) is 7.78. The van der Waals surface area contributed by atoms with Gasteiger partial charge in [0.1, 0.15) is 0 Å². The van der Waals surface area contributed by atoms with Crippen molar-refractivity contribution >= 4 is 0 Å². The van der Waals surface area contributed by atoms with Crippen LogP contribution in [0.3, 0.4) is 0 Å². The van der Waals surface area contributed by atoms with E-state index in [9.17, 15) is 4.79 Å². The number of nitrogens with one attached hydrogen (secondary N) is 1. The van der Waals surface area contributed by atoms with Crippen LogP contribution in [0, 0.1) is 0 Å². The Kier molecular flexibility index (Phi) is 1.71. The maximum atomic E-state index is 11.1. The first-order valence-corrected chi connectivity index (χ1v) is 4.92. The summed E-state index contributed by atoms with van der Waals surface area (Å²) in [6.45, 7) is 0. The molecule has 5 nitrogen and oxygen atoms in total. The maximum absolute atomic E-state index is 11.1. The summed E-state index contributed by atoms with van der Waals surface area (Å²) in [7, 11) is 0. The second kappa shape index (κ2) is 3.05. The molecule has 5 heteroatoms. The van der Waals surface area contributed by atoms with Gasteiger partial charge in [-0.3, -0.25) is 9.48 Å². The van der Waals surface area contributed by atoms with Crippen LogP contribution in [0.1, 0.15) is 18.9 Å². The van der Waals surface area contributed by atoms with Crippen LogP contribution in [0.2, 0.25) is 0 Å². The molecule has 0 spiro atoms. The summed E-state index contributed by atoms with van der Waals surface area (Å²) < 4.78 is 1.95. The van der Waals surface area contributed by atoms with Gasteiger partial charge in [-0.15, -0.1) is 0 Å². The summed E-state index contributed by atoms with van der Waals surface area (Å²) in [4.78, 5) is 11.1. The van der Waals surface area contributed by atoms with E-state index in [0.717, 1.165) is 11.1 Å². The minimum atomic E-state index is -0.188. The third-order valence-electron chi connectivity index (χ3n) is 2.52. The molecule has 0 atom stereocenters. The van der Waals surface area contributed by atoms with Crippen LogP contribution in [-0.4, -0.2) is 20.0 Å². The van der Waals surface area contributed by atoms with Crippen molar-refractivity contribution in [3.05, 3.63) is 35.0 Å². The van der Waals surface area contributed by atoms with Gasteiger partial charge >= 0.3 is 0 Å². The topological polar surface area (TPSA) is 63.6 Å². The minimum Gasteiger partial charge on any atom is -0.269 e. The van der Waals surface area contributed by atoms with Crippen molar-refractivity contribution in [2.24, 2.45) is 0 Å². The van der Waals surface area contributed by atoms with Crippen molar-refractivity contribution in [3.63, 3.8) is 0 Å². The SMILES string of the molecule is O=c1cc(-c2cnn(C3CC3)c2)cn[nH]1. The highest BCUT2D eigenvalue weighted by molar-refractivity contribution is 5.59. The average Bonchev–Trinajstić information content (AvgIpc) is 2.97. The van der Waals surface area contributed by atoms with Crippen molar-refractivity contribution in [1.29, 1.82) is 0 Å². The van der Waals surface area contributed by atoms with Crippen molar-refractivity contribution < 1.29 is 0 Å². The fourth-order valence-corrected chi connectivity index (χ4v) is 1.56. The van der Waals surface area contributed by atoms with Crippen LogP contribution < -0.4 is 5.56 Å². The van der Waals surface area contributed by atoms with Crippen molar-refractivity contribution in [1.82, 2.24) is 20.0 Å². The number of nitrogens with zero attached hydrogens (tertiary/aromatic N) is 3. The van der Waals surface area contributed by atoms with Gasteiger partial charge in [0.15, 0.2) is 0 Å². The number of aromatic amines is 1. The largest absolute Gasteiger partial charge is 0.269 e. The Morgan fingerprint density at radius 1 is 1.33 bits per heavy atom. The van der Waals surface area contributed by atoms with Crippen molar-refractivity contribution in [2.45, 2.75) is 18.9 Å². The number of rotatable bonds is 2. The summed E-state index contributed by atoms with van der Waals surface area (Å²) in [5.41, 5.74) is 1.57. The Hall–Kier alpha value is -1.91. The molecule has 0 radical (unpaired) electrons. The summed E-state index contributed by atoms with van der Waals surface area (Å²) in [5.74, 6) is 0. The third-order valence-corrected chi connectivity index (χ3v) is 2.52. The van der Waals surface area contributed by atoms with Gasteiger partial charge in [-0.2, -0.15) is 10.2 Å². The van der Waals surface area contributed by atoms with Crippen molar-refractivity contribution in [3.8, 4) is 11.1 Å². The monoisotopic (exact) mass is 202 g/mol. The highest BCUT2D eigenvalue weighted by atomic mass is 16.1. The zero-order chi connectivity index (χ0) is 10.3. The third kappa shape index (κ3) is 1.56. The Balaban J connectivity index is 2.00. The van der Waals surface area contributed by atoms with Gasteiger partial charge in [0.05, 0.1) is 18.4 Å². The molecule has 0 bridgehead atoms. The summed E-state index contributed by atoms with van der Waals surface area (Å²) in [5, 5.41) is 10.4. The fourth-order valence-electron chi connectivity index (χ4n) is 1.56. The molecule has 1 N–H and O–H groups in total. The van der Waals surface area contributed by atoms with E-state index in [2.05, 4.69) is 15.3 Å². The van der Waals surface area contributed by atoms with E-state index >= 15 is 0 Å². The molecule has 15 heavy (non-hydrogen) atoms. The molecule has 0 aliphatic heterocycles. The van der Waals surface area contributed by atoms with Crippen LogP contribution in [0.5, 0.6) is 0 Å². The molecule has 0 unspecified atom stereocenters. The molecular weight excluding hydrogens is 192 g/mol. The van der Waals surface area contributed by atoms with Crippen LogP contribution >= 0.6 is 0 Å². The molecule has 0 saturated heterocycles. The van der Waals surface area contributed by atoms with Gasteiger partial charge < -0.3 is 0 Å². The van der Waals surface area contributed by atoms with Crippen LogP contribution in [-0.2, 0) is 0 Å². The van der Waals surface area contributed by atoms with Crippen LogP contribution in [0.15, 0.2) is 29.5 Å². The van der Waals surface area contributed by atoms with E-state index in [-0.39, 0.29) is 5.56 Å². The Labute approximate surface area is 85.8 Å². The summed E-state index contributed by atoms with van der Waals surface area (Å²) in [6, 6.07) is 2.09. The molecule has 1 aliphatic carbocycles. The first-order chi connectivity index (χ1) is 7.33. The first kappa shape index (κ1) is 8.40. The molecular formula is C10H10N4O. The quantitative estimate of drug-likeness (QED) is 0.789. The van der Waals surface area contributed by atoms with Gasteiger partial charge in [-0.05, 0) is 12.8 Å². The Bertz CT molecular complexity index is 538. The van der Waals surface area contributed by atoms with Gasteiger partial charge in [0, 0.05) is 23.4 Å². The smallest absolute Gasteiger partial charge is 0.264 e. The average molecular weight is 202 g/mol. The molecule has 3 rings (SSSR count). The van der Waals surface area contributed by atoms with Gasteiger partial charge in [-0.1, -0.05) is 0 Å². The van der Waals surface area contributed by atoms with E-state index in [4.69, 9.17) is 0 Å². The molecule has 1 fully saturated rings. The first-order valence-electron chi connectivity index (χ1n) is 4.92. The highest BCUT2D eigenvalue weighted by Gasteiger charge is 2.24. The molecule has 2 heterocycles. The predicted octanol–water partition coefficient (Wildman–Crippen LogP) is 0.968. The second-order valence-electron chi connectivity index (χ2n) is 3.77. The zero-order valence-corrected chi connectivity index (χ0v) is 8.05. The lowest BCUT2D eigenvalue weighted by Crippen LogP contribution is -2.05. The Morgan fingerprint density at radius 3 is 2.93 bits per heavy atom. The number of hydrogen-bond donors (Lipinski definition) is 1. The Morgan fingerprint density at radius 2 is 2.20 bits per heavy atom. The lowest BCUT2D eigenvalue weighted by molar-refractivity contribution is 0.642. The molecule has 0 amide bonds. The van der Waals surface area contributed by atoms with E-state index in [0.29, 0.717) is 6.04 Å². The van der Waals surface area contributed by atoms with E-state index in [1.165, 1.54) is 18.9 Å². The molecule has 1 saturated carbocycles. The van der Waals surface area contributed by atoms with Crippen molar-refractivity contribution in [2.75, 3.05) is 0 Å². The second-order valence-corrected chi connectivity index (χ2v) is 3.77. The number of hydrogen-bond acceptors (Lipinski definition) is 3. The normalized spacial score (nSPS) is 15.5. The molecule has 1 aliphatic rings.